The molecule has 0 amide bonds. The van der Waals surface area contributed by atoms with Crippen LogP contribution in [0, 0.1) is 11.3 Å². The van der Waals surface area contributed by atoms with E-state index in [0.717, 1.165) is 11.7 Å². The lowest BCUT2D eigenvalue weighted by Crippen LogP contribution is -2.28. The largest absolute Gasteiger partial charge is 0.491 e. The summed E-state index contributed by atoms with van der Waals surface area (Å²) in [5.41, 5.74) is 2.03. The molecule has 2 nitrogen and oxygen atoms in total. The molecule has 20 heavy (non-hydrogen) atoms. The molecule has 1 aromatic rings. The topological polar surface area (TPSA) is 21.3 Å². The number of nitrogens with one attached hydrogen (secondary N) is 1. The zero-order valence-corrected chi connectivity index (χ0v) is 13.0. The van der Waals surface area contributed by atoms with Crippen molar-refractivity contribution in [3.8, 4) is 5.75 Å². The molecule has 0 heterocycles. The van der Waals surface area contributed by atoms with Gasteiger partial charge in [0.25, 0.3) is 0 Å². The van der Waals surface area contributed by atoms with E-state index in [0.29, 0.717) is 11.5 Å². The minimum atomic E-state index is 0.240. The normalized spacial score (nSPS) is 21.8. The highest BCUT2D eigenvalue weighted by Crippen LogP contribution is 2.60. The van der Waals surface area contributed by atoms with Crippen LogP contribution in [0.1, 0.15) is 58.1 Å². The Balaban J connectivity index is 1.52. The second-order valence-corrected chi connectivity index (χ2v) is 6.97. The van der Waals surface area contributed by atoms with Crippen molar-refractivity contribution < 1.29 is 4.74 Å². The van der Waals surface area contributed by atoms with Crippen LogP contribution in [0.15, 0.2) is 24.3 Å². The third-order valence-corrected chi connectivity index (χ3v) is 4.85. The van der Waals surface area contributed by atoms with Crippen molar-refractivity contribution >= 4 is 0 Å². The second-order valence-electron chi connectivity index (χ2n) is 6.97. The number of rotatable bonds is 7. The number of benzene rings is 1. The fraction of sp³-hybridized carbons (Fsp3) is 0.667. The molecule has 1 N–H and O–H groups in total. The van der Waals surface area contributed by atoms with Crippen molar-refractivity contribution in [3.63, 3.8) is 0 Å². The van der Waals surface area contributed by atoms with E-state index in [1.54, 1.807) is 0 Å². The number of hydrogen-bond donors (Lipinski definition) is 1. The first-order chi connectivity index (χ1) is 9.59. The van der Waals surface area contributed by atoms with E-state index in [-0.39, 0.29) is 6.10 Å². The Morgan fingerprint density at radius 1 is 1.15 bits per heavy atom. The van der Waals surface area contributed by atoms with E-state index in [2.05, 4.69) is 50.4 Å². The predicted octanol–water partition coefficient (Wildman–Crippen LogP) is 4.31. The van der Waals surface area contributed by atoms with Gasteiger partial charge in [-0.05, 0) is 75.5 Å². The van der Waals surface area contributed by atoms with Crippen LogP contribution < -0.4 is 10.1 Å². The molecule has 1 aromatic carbocycles. The predicted molar refractivity (Wildman–Crippen MR) is 83.0 cm³/mol. The third kappa shape index (κ3) is 3.17. The molecular formula is C18H27NO. The maximum absolute atomic E-state index is 5.69. The van der Waals surface area contributed by atoms with Gasteiger partial charge in [-0.1, -0.05) is 12.1 Å². The Bertz CT molecular complexity index is 443. The minimum absolute atomic E-state index is 0.240. The lowest BCUT2D eigenvalue weighted by atomic mass is 9.99. The molecule has 1 atom stereocenters. The molecule has 2 heteroatoms. The molecule has 0 bridgehead atoms. The summed E-state index contributed by atoms with van der Waals surface area (Å²) in [7, 11) is 0. The van der Waals surface area contributed by atoms with Crippen molar-refractivity contribution in [2.24, 2.45) is 11.3 Å². The van der Waals surface area contributed by atoms with Crippen molar-refractivity contribution in [3.05, 3.63) is 29.8 Å². The van der Waals surface area contributed by atoms with Gasteiger partial charge in [0, 0.05) is 12.6 Å². The van der Waals surface area contributed by atoms with Gasteiger partial charge in [-0.15, -0.1) is 0 Å². The average Bonchev–Trinajstić information content (AvgIpc) is 3.27. The van der Waals surface area contributed by atoms with Gasteiger partial charge in [0.1, 0.15) is 5.75 Å². The molecule has 1 unspecified atom stereocenters. The standard InChI is InChI=1S/C18H27NO/c1-13(2)20-17-8-4-15(5-9-17)14(3)19-12-18(10-11-18)16-6-7-16/h4-5,8-9,13-14,16,19H,6-7,10-12H2,1-3H3. The highest BCUT2D eigenvalue weighted by atomic mass is 16.5. The van der Waals surface area contributed by atoms with Gasteiger partial charge < -0.3 is 10.1 Å². The summed E-state index contributed by atoms with van der Waals surface area (Å²) in [6.45, 7) is 7.58. The lowest BCUT2D eigenvalue weighted by Gasteiger charge is -2.20. The average molecular weight is 273 g/mol. The van der Waals surface area contributed by atoms with Crippen LogP contribution in [0.25, 0.3) is 0 Å². The molecule has 110 valence electrons. The highest BCUT2D eigenvalue weighted by Gasteiger charge is 2.53. The van der Waals surface area contributed by atoms with Crippen molar-refractivity contribution in [2.45, 2.75) is 58.6 Å². The zero-order valence-electron chi connectivity index (χ0n) is 13.0. The molecule has 0 spiro atoms. The summed E-state index contributed by atoms with van der Waals surface area (Å²) in [5.74, 6) is 2.00. The van der Waals surface area contributed by atoms with E-state index in [1.165, 1.54) is 37.8 Å². The van der Waals surface area contributed by atoms with Gasteiger partial charge in [0.05, 0.1) is 6.10 Å². The SMILES string of the molecule is CC(C)Oc1ccc(C(C)NCC2(C3CC3)CC2)cc1. The van der Waals surface area contributed by atoms with Crippen molar-refractivity contribution in [2.75, 3.05) is 6.54 Å². The molecule has 2 aliphatic rings. The summed E-state index contributed by atoms with van der Waals surface area (Å²) in [6, 6.07) is 8.97. The van der Waals surface area contributed by atoms with E-state index in [4.69, 9.17) is 4.74 Å². The van der Waals surface area contributed by atoms with E-state index in [1.807, 2.05) is 0 Å². The molecule has 0 aliphatic heterocycles. The van der Waals surface area contributed by atoms with Crippen LogP contribution in [0.4, 0.5) is 0 Å². The molecule has 2 fully saturated rings. The highest BCUT2D eigenvalue weighted by molar-refractivity contribution is 5.29. The fourth-order valence-corrected chi connectivity index (χ4v) is 3.17. The van der Waals surface area contributed by atoms with Crippen molar-refractivity contribution in [1.82, 2.24) is 5.32 Å². The van der Waals surface area contributed by atoms with Crippen LogP contribution in [-0.2, 0) is 0 Å². The Morgan fingerprint density at radius 3 is 2.30 bits per heavy atom. The fourth-order valence-electron chi connectivity index (χ4n) is 3.17. The van der Waals surface area contributed by atoms with Crippen LogP contribution >= 0.6 is 0 Å². The van der Waals surface area contributed by atoms with Crippen LogP contribution in [0.2, 0.25) is 0 Å². The molecule has 2 saturated carbocycles. The van der Waals surface area contributed by atoms with E-state index >= 15 is 0 Å². The maximum atomic E-state index is 5.69. The lowest BCUT2D eigenvalue weighted by molar-refractivity contribution is 0.242. The molecule has 0 saturated heterocycles. The minimum Gasteiger partial charge on any atom is -0.491 e. The van der Waals surface area contributed by atoms with Gasteiger partial charge >= 0.3 is 0 Å². The van der Waals surface area contributed by atoms with Gasteiger partial charge in [0.15, 0.2) is 0 Å². The summed E-state index contributed by atoms with van der Waals surface area (Å²) >= 11 is 0. The first-order valence-corrected chi connectivity index (χ1v) is 8.09. The number of hydrogen-bond acceptors (Lipinski definition) is 2. The summed E-state index contributed by atoms with van der Waals surface area (Å²) < 4.78 is 5.69. The first kappa shape index (κ1) is 13.9. The smallest absolute Gasteiger partial charge is 0.119 e. The van der Waals surface area contributed by atoms with Gasteiger partial charge in [-0.3, -0.25) is 0 Å². The first-order valence-electron chi connectivity index (χ1n) is 8.09. The Morgan fingerprint density at radius 2 is 1.80 bits per heavy atom. The van der Waals surface area contributed by atoms with Crippen LogP contribution in [-0.4, -0.2) is 12.6 Å². The van der Waals surface area contributed by atoms with Gasteiger partial charge in [0.2, 0.25) is 0 Å². The molecule has 2 aliphatic carbocycles. The van der Waals surface area contributed by atoms with Gasteiger partial charge in [-0.2, -0.15) is 0 Å². The molecule has 0 aromatic heterocycles. The second kappa shape index (κ2) is 5.40. The maximum Gasteiger partial charge on any atom is 0.119 e. The molecule has 0 radical (unpaired) electrons. The van der Waals surface area contributed by atoms with Gasteiger partial charge in [-0.25, -0.2) is 0 Å². The van der Waals surface area contributed by atoms with Crippen LogP contribution in [0.3, 0.4) is 0 Å². The third-order valence-electron chi connectivity index (χ3n) is 4.85. The quantitative estimate of drug-likeness (QED) is 0.799. The summed E-state index contributed by atoms with van der Waals surface area (Å²) in [6.07, 6.45) is 6.07. The zero-order chi connectivity index (χ0) is 14.2. The Kier molecular flexibility index (Phi) is 3.76. The monoisotopic (exact) mass is 273 g/mol. The van der Waals surface area contributed by atoms with Crippen LogP contribution in [0.5, 0.6) is 5.75 Å². The molecule has 3 rings (SSSR count). The Labute approximate surface area is 122 Å². The van der Waals surface area contributed by atoms with E-state index < -0.39 is 0 Å². The molecular weight excluding hydrogens is 246 g/mol. The summed E-state index contributed by atoms with van der Waals surface area (Å²) in [5, 5.41) is 3.74. The van der Waals surface area contributed by atoms with Crippen molar-refractivity contribution in [1.29, 1.82) is 0 Å². The number of ether oxygens (including phenoxy) is 1. The Hall–Kier alpha value is -1.02. The summed E-state index contributed by atoms with van der Waals surface area (Å²) in [4.78, 5) is 0. The van der Waals surface area contributed by atoms with E-state index in [9.17, 15) is 0 Å².